The minimum Gasteiger partial charge on any atom is -0.351 e. The molecule has 0 fully saturated rings. The van der Waals surface area contributed by atoms with E-state index in [2.05, 4.69) is 11.9 Å². The summed E-state index contributed by atoms with van der Waals surface area (Å²) >= 11 is 0. The average molecular weight is 218 g/mol. The lowest BCUT2D eigenvalue weighted by atomic mass is 10.1. The molecule has 0 saturated heterocycles. The zero-order valence-corrected chi connectivity index (χ0v) is 9.57. The Balaban J connectivity index is 2.43. The average Bonchev–Trinajstić information content (AvgIpc) is 2.27. The van der Waals surface area contributed by atoms with Gasteiger partial charge in [-0.05, 0) is 18.9 Å². The van der Waals surface area contributed by atoms with Gasteiger partial charge >= 0.3 is 0 Å². The molecule has 3 heteroatoms. The second-order valence-corrected chi connectivity index (χ2v) is 3.97. The summed E-state index contributed by atoms with van der Waals surface area (Å²) in [6.07, 6.45) is 0.558. The van der Waals surface area contributed by atoms with Crippen LogP contribution in [0.15, 0.2) is 42.5 Å². The van der Waals surface area contributed by atoms with E-state index in [-0.39, 0.29) is 5.91 Å². The number of hydrogen-bond donors (Lipinski definition) is 2. The fraction of sp³-hybridized carbons (Fsp3) is 0.308. The third-order valence-corrected chi connectivity index (χ3v) is 2.20. The third kappa shape index (κ3) is 4.28. The summed E-state index contributed by atoms with van der Waals surface area (Å²) in [5, 5.41) is 2.74. The van der Waals surface area contributed by atoms with Gasteiger partial charge < -0.3 is 11.1 Å². The molecule has 0 spiro atoms. The van der Waals surface area contributed by atoms with Crippen molar-refractivity contribution in [3.63, 3.8) is 0 Å². The summed E-state index contributed by atoms with van der Waals surface area (Å²) in [6, 6.07) is 9.25. The van der Waals surface area contributed by atoms with E-state index in [1.807, 2.05) is 37.3 Å². The fourth-order valence-electron chi connectivity index (χ4n) is 1.33. The smallest absolute Gasteiger partial charge is 0.237 e. The van der Waals surface area contributed by atoms with Gasteiger partial charge in [0.15, 0.2) is 0 Å². The lowest BCUT2D eigenvalue weighted by Gasteiger charge is -2.12. The number of rotatable bonds is 5. The second kappa shape index (κ2) is 6.08. The lowest BCUT2D eigenvalue weighted by Crippen LogP contribution is -2.42. The molecule has 0 aliphatic carbocycles. The molecule has 0 unspecified atom stereocenters. The van der Waals surface area contributed by atoms with E-state index in [9.17, 15) is 4.79 Å². The molecule has 0 radical (unpaired) electrons. The van der Waals surface area contributed by atoms with Gasteiger partial charge in [0.05, 0.1) is 6.04 Å². The summed E-state index contributed by atoms with van der Waals surface area (Å²) in [5.74, 6) is -0.133. The highest BCUT2D eigenvalue weighted by molar-refractivity contribution is 5.82. The van der Waals surface area contributed by atoms with Gasteiger partial charge in [-0.1, -0.05) is 42.5 Å². The molecule has 16 heavy (non-hydrogen) atoms. The van der Waals surface area contributed by atoms with Crippen LogP contribution in [0.3, 0.4) is 0 Å². The summed E-state index contributed by atoms with van der Waals surface area (Å²) in [5.41, 5.74) is 7.78. The van der Waals surface area contributed by atoms with Crippen molar-refractivity contribution in [2.24, 2.45) is 5.73 Å². The van der Waals surface area contributed by atoms with Crippen molar-refractivity contribution in [1.82, 2.24) is 5.32 Å². The molecule has 0 saturated carbocycles. The van der Waals surface area contributed by atoms with Crippen molar-refractivity contribution in [1.29, 1.82) is 0 Å². The van der Waals surface area contributed by atoms with E-state index in [0.29, 0.717) is 13.0 Å². The van der Waals surface area contributed by atoms with E-state index in [1.165, 1.54) is 0 Å². The van der Waals surface area contributed by atoms with Crippen LogP contribution in [0.25, 0.3) is 0 Å². The van der Waals surface area contributed by atoms with Gasteiger partial charge in [0.1, 0.15) is 0 Å². The number of amides is 1. The van der Waals surface area contributed by atoms with Crippen LogP contribution in [0.1, 0.15) is 12.5 Å². The Morgan fingerprint density at radius 3 is 2.62 bits per heavy atom. The fourth-order valence-corrected chi connectivity index (χ4v) is 1.33. The highest BCUT2D eigenvalue weighted by Crippen LogP contribution is 2.01. The Morgan fingerprint density at radius 2 is 2.06 bits per heavy atom. The Bertz CT molecular complexity index is 359. The summed E-state index contributed by atoms with van der Waals surface area (Å²) in [6.45, 7) is 6.07. The van der Waals surface area contributed by atoms with Crippen LogP contribution >= 0.6 is 0 Å². The van der Waals surface area contributed by atoms with Crippen molar-refractivity contribution >= 4 is 5.91 Å². The topological polar surface area (TPSA) is 55.1 Å². The van der Waals surface area contributed by atoms with Crippen LogP contribution in [-0.4, -0.2) is 18.5 Å². The summed E-state index contributed by atoms with van der Waals surface area (Å²) in [7, 11) is 0. The van der Waals surface area contributed by atoms with Crippen molar-refractivity contribution in [2.75, 3.05) is 6.54 Å². The summed E-state index contributed by atoms with van der Waals surface area (Å²) < 4.78 is 0. The first-order valence-corrected chi connectivity index (χ1v) is 5.31. The minimum atomic E-state index is -0.498. The zero-order valence-electron chi connectivity index (χ0n) is 9.57. The first kappa shape index (κ1) is 12.5. The van der Waals surface area contributed by atoms with E-state index in [1.54, 1.807) is 0 Å². The predicted octanol–water partition coefficient (Wildman–Crippen LogP) is 1.25. The maximum atomic E-state index is 11.6. The van der Waals surface area contributed by atoms with E-state index < -0.39 is 6.04 Å². The van der Waals surface area contributed by atoms with Gasteiger partial charge in [0.2, 0.25) is 5.91 Å². The van der Waals surface area contributed by atoms with Crippen molar-refractivity contribution in [3.8, 4) is 0 Å². The quantitative estimate of drug-likeness (QED) is 0.731. The van der Waals surface area contributed by atoms with Gasteiger partial charge in [0.25, 0.3) is 0 Å². The van der Waals surface area contributed by atoms with E-state index in [0.717, 1.165) is 11.1 Å². The van der Waals surface area contributed by atoms with Gasteiger partial charge in [-0.25, -0.2) is 0 Å². The van der Waals surface area contributed by atoms with Crippen LogP contribution in [0, 0.1) is 0 Å². The van der Waals surface area contributed by atoms with Gasteiger partial charge in [-0.15, -0.1) is 0 Å². The third-order valence-electron chi connectivity index (χ3n) is 2.20. The Hall–Kier alpha value is -1.61. The Kier molecular flexibility index (Phi) is 4.73. The molecule has 3 N–H and O–H groups in total. The Labute approximate surface area is 96.3 Å². The molecule has 3 nitrogen and oxygen atoms in total. The molecule has 1 aromatic rings. The number of carbonyl (C=O) groups excluding carboxylic acids is 1. The first-order chi connectivity index (χ1) is 7.59. The minimum absolute atomic E-state index is 0.133. The van der Waals surface area contributed by atoms with E-state index >= 15 is 0 Å². The number of benzene rings is 1. The molecule has 0 aliphatic heterocycles. The Morgan fingerprint density at radius 1 is 1.44 bits per heavy atom. The van der Waals surface area contributed by atoms with Gasteiger partial charge in [-0.2, -0.15) is 0 Å². The summed E-state index contributed by atoms with van der Waals surface area (Å²) in [4.78, 5) is 11.6. The maximum Gasteiger partial charge on any atom is 0.237 e. The van der Waals surface area contributed by atoms with E-state index in [4.69, 9.17) is 5.73 Å². The van der Waals surface area contributed by atoms with Crippen molar-refractivity contribution in [2.45, 2.75) is 19.4 Å². The van der Waals surface area contributed by atoms with Gasteiger partial charge in [-0.3, -0.25) is 4.79 Å². The number of carbonyl (C=O) groups is 1. The monoisotopic (exact) mass is 218 g/mol. The van der Waals surface area contributed by atoms with Crippen LogP contribution in [0.2, 0.25) is 0 Å². The SMILES string of the molecule is C=C(C)CNC(=O)[C@@H](N)Cc1ccccc1. The number of hydrogen-bond acceptors (Lipinski definition) is 2. The number of nitrogens with two attached hydrogens (primary N) is 1. The van der Waals surface area contributed by atoms with Crippen LogP contribution < -0.4 is 11.1 Å². The zero-order chi connectivity index (χ0) is 12.0. The molecular weight excluding hydrogens is 200 g/mol. The van der Waals surface area contributed by atoms with Crippen molar-refractivity contribution in [3.05, 3.63) is 48.0 Å². The molecule has 1 aromatic carbocycles. The van der Waals surface area contributed by atoms with Crippen molar-refractivity contribution < 1.29 is 4.79 Å². The molecular formula is C13H18N2O. The van der Waals surface area contributed by atoms with Crippen LogP contribution in [-0.2, 0) is 11.2 Å². The first-order valence-electron chi connectivity index (χ1n) is 5.31. The van der Waals surface area contributed by atoms with Crippen LogP contribution in [0.4, 0.5) is 0 Å². The molecule has 1 rings (SSSR count). The molecule has 0 aromatic heterocycles. The van der Waals surface area contributed by atoms with Gasteiger partial charge in [0, 0.05) is 6.54 Å². The largest absolute Gasteiger partial charge is 0.351 e. The number of nitrogens with one attached hydrogen (secondary N) is 1. The predicted molar refractivity (Wildman–Crippen MR) is 65.9 cm³/mol. The molecule has 86 valence electrons. The molecule has 0 heterocycles. The van der Waals surface area contributed by atoms with Crippen LogP contribution in [0.5, 0.6) is 0 Å². The molecule has 0 aliphatic rings. The molecule has 0 bridgehead atoms. The maximum absolute atomic E-state index is 11.6. The standard InChI is InChI=1S/C13H18N2O/c1-10(2)9-15-13(16)12(14)8-11-6-4-3-5-7-11/h3-7,12H,1,8-9,14H2,2H3,(H,15,16)/t12-/m0/s1. The second-order valence-electron chi connectivity index (χ2n) is 3.97. The molecule has 1 atom stereocenters. The normalized spacial score (nSPS) is 11.9. The highest BCUT2D eigenvalue weighted by Gasteiger charge is 2.12. The lowest BCUT2D eigenvalue weighted by molar-refractivity contribution is -0.122. The molecule has 1 amide bonds. The highest BCUT2D eigenvalue weighted by atomic mass is 16.2.